The minimum atomic E-state index is -0.217. The summed E-state index contributed by atoms with van der Waals surface area (Å²) in [6.07, 6.45) is 0. The van der Waals surface area contributed by atoms with Gasteiger partial charge in [0.25, 0.3) is 5.56 Å². The second kappa shape index (κ2) is 10.7. The van der Waals surface area contributed by atoms with Crippen molar-refractivity contribution in [3.63, 3.8) is 0 Å². The largest absolute Gasteiger partial charge is 0.496 e. The normalized spacial score (nSPS) is 17.8. The number of nitrogens with zero attached hydrogens (tertiary/aromatic N) is 6. The molecule has 0 amide bonds. The minimum absolute atomic E-state index is 0.217. The zero-order valence-corrected chi connectivity index (χ0v) is 22.7. The number of pyridine rings is 1. The molecule has 1 aromatic carbocycles. The van der Waals surface area contributed by atoms with Gasteiger partial charge < -0.3 is 19.5 Å². The Labute approximate surface area is 219 Å². The number of anilines is 2. The Morgan fingerprint density at radius 3 is 2.05 bits per heavy atom. The van der Waals surface area contributed by atoms with Crippen LogP contribution in [0.3, 0.4) is 0 Å². The molecule has 0 unspecified atom stereocenters. The van der Waals surface area contributed by atoms with Gasteiger partial charge in [-0.2, -0.15) is 0 Å². The van der Waals surface area contributed by atoms with E-state index in [1.165, 1.54) is 0 Å². The number of ether oxygens (including phenoxy) is 1. The Hall–Kier alpha value is -3.17. The molecule has 2 aromatic heterocycles. The standard InChI is InChI=1S/C28H39N7O2/c1-19(2)32-9-13-34(14-10-32)21-17-23-26(24(18-21)37-5)28(36)31-27(30-23)22-7-6-8-25(29-22)35-15-11-33(12-16-35)20(3)4/h6-8,17-20H,9-16H2,1-5H3,(H,30,31,36). The SMILES string of the molecule is COc1cc(N2CCN(C(C)C)CC2)cc2nc(-c3cccc(N4CCN(C(C)C)CC4)n3)[nH]c(=O)c12. The maximum Gasteiger partial charge on any atom is 0.262 e. The average molecular weight is 506 g/mol. The molecule has 0 radical (unpaired) electrons. The van der Waals surface area contributed by atoms with Gasteiger partial charge in [-0.3, -0.25) is 14.6 Å². The summed E-state index contributed by atoms with van der Waals surface area (Å²) in [6.45, 7) is 16.7. The van der Waals surface area contributed by atoms with Crippen molar-refractivity contribution in [3.8, 4) is 17.3 Å². The van der Waals surface area contributed by atoms with E-state index in [2.05, 4.69) is 52.3 Å². The highest BCUT2D eigenvalue weighted by molar-refractivity contribution is 5.89. The summed E-state index contributed by atoms with van der Waals surface area (Å²) in [6, 6.07) is 11.0. The van der Waals surface area contributed by atoms with Crippen LogP contribution in [0.2, 0.25) is 0 Å². The van der Waals surface area contributed by atoms with Crippen LogP contribution in [0.1, 0.15) is 27.7 Å². The van der Waals surface area contributed by atoms with Gasteiger partial charge in [0.05, 0.1) is 12.6 Å². The summed E-state index contributed by atoms with van der Waals surface area (Å²) in [5, 5.41) is 0.469. The molecule has 2 fully saturated rings. The maximum atomic E-state index is 13.2. The summed E-state index contributed by atoms with van der Waals surface area (Å²) >= 11 is 0. The molecule has 3 aromatic rings. The number of piperazine rings is 2. The predicted octanol–water partition coefficient (Wildman–Crippen LogP) is 3.05. The molecule has 2 aliphatic heterocycles. The smallest absolute Gasteiger partial charge is 0.262 e. The summed E-state index contributed by atoms with van der Waals surface area (Å²) in [5.41, 5.74) is 2.10. The van der Waals surface area contributed by atoms with Crippen LogP contribution in [0.5, 0.6) is 5.75 Å². The fourth-order valence-corrected chi connectivity index (χ4v) is 5.38. The Kier molecular flexibility index (Phi) is 7.35. The summed E-state index contributed by atoms with van der Waals surface area (Å²) in [4.78, 5) is 35.5. The Bertz CT molecular complexity index is 1290. The second-order valence-electron chi connectivity index (χ2n) is 10.6. The minimum Gasteiger partial charge on any atom is -0.496 e. The van der Waals surface area contributed by atoms with Crippen LogP contribution < -0.4 is 20.1 Å². The van der Waals surface area contributed by atoms with Crippen LogP contribution in [-0.4, -0.2) is 96.3 Å². The molecule has 2 saturated heterocycles. The number of hydrogen-bond donors (Lipinski definition) is 1. The van der Waals surface area contributed by atoms with Gasteiger partial charge in [-0.05, 0) is 45.9 Å². The lowest BCUT2D eigenvalue weighted by Gasteiger charge is -2.38. The predicted molar refractivity (Wildman–Crippen MR) is 150 cm³/mol. The van der Waals surface area contributed by atoms with Crippen LogP contribution >= 0.6 is 0 Å². The summed E-state index contributed by atoms with van der Waals surface area (Å²) in [5.74, 6) is 1.94. The number of rotatable bonds is 6. The Balaban J connectivity index is 1.45. The lowest BCUT2D eigenvalue weighted by molar-refractivity contribution is 0.209. The molecule has 0 bridgehead atoms. The fourth-order valence-electron chi connectivity index (χ4n) is 5.38. The van der Waals surface area contributed by atoms with E-state index in [1.807, 2.05) is 30.3 Å². The third kappa shape index (κ3) is 5.29. The number of H-pyrrole nitrogens is 1. The first-order chi connectivity index (χ1) is 17.8. The first kappa shape index (κ1) is 25.5. The van der Waals surface area contributed by atoms with Gasteiger partial charge >= 0.3 is 0 Å². The topological polar surface area (TPSA) is 80.8 Å². The molecule has 5 rings (SSSR count). The number of aromatic amines is 1. The molecule has 1 N–H and O–H groups in total. The van der Waals surface area contributed by atoms with Crippen molar-refractivity contribution < 1.29 is 4.74 Å². The summed E-state index contributed by atoms with van der Waals surface area (Å²) in [7, 11) is 1.60. The van der Waals surface area contributed by atoms with Gasteiger partial charge in [0.2, 0.25) is 0 Å². The number of methoxy groups -OCH3 is 1. The average Bonchev–Trinajstić information content (AvgIpc) is 2.92. The second-order valence-corrected chi connectivity index (χ2v) is 10.6. The molecule has 0 saturated carbocycles. The lowest BCUT2D eigenvalue weighted by atomic mass is 10.1. The van der Waals surface area contributed by atoms with E-state index < -0.39 is 0 Å². The van der Waals surface area contributed by atoms with Crippen molar-refractivity contribution in [3.05, 3.63) is 40.7 Å². The molecule has 9 nitrogen and oxygen atoms in total. The van der Waals surface area contributed by atoms with Crippen LogP contribution in [0.15, 0.2) is 35.1 Å². The van der Waals surface area contributed by atoms with E-state index in [4.69, 9.17) is 14.7 Å². The third-order valence-corrected chi connectivity index (χ3v) is 7.73. The summed E-state index contributed by atoms with van der Waals surface area (Å²) < 4.78 is 5.65. The van der Waals surface area contributed by atoms with E-state index in [1.54, 1.807) is 7.11 Å². The maximum absolute atomic E-state index is 13.2. The van der Waals surface area contributed by atoms with Crippen molar-refractivity contribution in [2.75, 3.05) is 69.3 Å². The zero-order chi connectivity index (χ0) is 26.1. The molecule has 0 atom stereocenters. The molecule has 2 aliphatic rings. The number of benzene rings is 1. The van der Waals surface area contributed by atoms with Gasteiger partial charge in [-0.25, -0.2) is 9.97 Å². The molecule has 198 valence electrons. The van der Waals surface area contributed by atoms with Gasteiger partial charge in [0.1, 0.15) is 22.6 Å². The van der Waals surface area contributed by atoms with Gasteiger partial charge in [0, 0.05) is 76.2 Å². The Morgan fingerprint density at radius 2 is 1.46 bits per heavy atom. The van der Waals surface area contributed by atoms with Crippen molar-refractivity contribution in [1.29, 1.82) is 0 Å². The molecule has 37 heavy (non-hydrogen) atoms. The van der Waals surface area contributed by atoms with E-state index >= 15 is 0 Å². The molecule has 4 heterocycles. The molecular formula is C28H39N7O2. The van der Waals surface area contributed by atoms with Crippen molar-refractivity contribution in [2.24, 2.45) is 0 Å². The number of aromatic nitrogens is 3. The quantitative estimate of drug-likeness (QED) is 0.548. The highest BCUT2D eigenvalue weighted by Gasteiger charge is 2.23. The van der Waals surface area contributed by atoms with E-state index in [0.717, 1.165) is 63.9 Å². The van der Waals surface area contributed by atoms with E-state index in [9.17, 15) is 4.79 Å². The highest BCUT2D eigenvalue weighted by Crippen LogP contribution is 2.30. The van der Waals surface area contributed by atoms with Crippen LogP contribution in [0.25, 0.3) is 22.4 Å². The number of nitrogens with one attached hydrogen (secondary N) is 1. The molecule has 9 heteroatoms. The first-order valence-electron chi connectivity index (χ1n) is 13.4. The molecule has 0 spiro atoms. The van der Waals surface area contributed by atoms with Gasteiger partial charge in [0.15, 0.2) is 5.82 Å². The van der Waals surface area contributed by atoms with Crippen molar-refractivity contribution >= 4 is 22.4 Å². The Morgan fingerprint density at radius 1 is 0.838 bits per heavy atom. The third-order valence-electron chi connectivity index (χ3n) is 7.73. The van der Waals surface area contributed by atoms with E-state index in [0.29, 0.717) is 40.3 Å². The van der Waals surface area contributed by atoms with Gasteiger partial charge in [-0.1, -0.05) is 6.07 Å². The van der Waals surface area contributed by atoms with E-state index in [-0.39, 0.29) is 5.56 Å². The van der Waals surface area contributed by atoms with Crippen LogP contribution in [0.4, 0.5) is 11.5 Å². The van der Waals surface area contributed by atoms with Crippen LogP contribution in [0, 0.1) is 0 Å². The molecular weight excluding hydrogens is 466 g/mol. The fraction of sp³-hybridized carbons (Fsp3) is 0.536. The number of hydrogen-bond acceptors (Lipinski definition) is 8. The van der Waals surface area contributed by atoms with Crippen LogP contribution in [-0.2, 0) is 0 Å². The van der Waals surface area contributed by atoms with Gasteiger partial charge in [-0.15, -0.1) is 0 Å². The van der Waals surface area contributed by atoms with Crippen molar-refractivity contribution in [1.82, 2.24) is 24.8 Å². The van der Waals surface area contributed by atoms with Crippen molar-refractivity contribution in [2.45, 2.75) is 39.8 Å². The zero-order valence-electron chi connectivity index (χ0n) is 22.7. The monoisotopic (exact) mass is 505 g/mol. The highest BCUT2D eigenvalue weighted by atomic mass is 16.5. The number of fused-ring (bicyclic) bond motifs is 1. The molecule has 0 aliphatic carbocycles. The lowest BCUT2D eigenvalue weighted by Crippen LogP contribution is -2.49. The first-order valence-corrected chi connectivity index (χ1v) is 13.4.